The summed E-state index contributed by atoms with van der Waals surface area (Å²) < 4.78 is 5.75. The van der Waals surface area contributed by atoms with Crippen LogP contribution in [0, 0.1) is 0 Å². The number of aliphatic hydroxyl groups is 1. The standard InChI is InChI=1S/C15H14O2/c1-11-13-9-5-6-10-14(13)17-15(11,16)12-7-3-2-4-8-12/h2-11,16H,1H3. The van der Waals surface area contributed by atoms with E-state index in [-0.39, 0.29) is 5.92 Å². The van der Waals surface area contributed by atoms with Crippen LogP contribution in [0.1, 0.15) is 24.0 Å². The van der Waals surface area contributed by atoms with Gasteiger partial charge in [-0.15, -0.1) is 0 Å². The van der Waals surface area contributed by atoms with Gasteiger partial charge in [-0.05, 0) is 6.07 Å². The van der Waals surface area contributed by atoms with Gasteiger partial charge < -0.3 is 9.84 Å². The van der Waals surface area contributed by atoms with Crippen LogP contribution >= 0.6 is 0 Å². The minimum absolute atomic E-state index is 0.0684. The molecule has 1 N–H and O–H groups in total. The Labute approximate surface area is 100 Å². The molecule has 0 amide bonds. The number of para-hydroxylation sites is 1. The average molecular weight is 226 g/mol. The first kappa shape index (κ1) is 10.4. The van der Waals surface area contributed by atoms with Crippen molar-refractivity contribution in [1.82, 2.24) is 0 Å². The normalized spacial score (nSPS) is 26.4. The Morgan fingerprint density at radius 3 is 2.35 bits per heavy atom. The molecule has 0 radical (unpaired) electrons. The summed E-state index contributed by atoms with van der Waals surface area (Å²) in [6.07, 6.45) is 0. The van der Waals surface area contributed by atoms with Crippen molar-refractivity contribution in [3.63, 3.8) is 0 Å². The zero-order chi connectivity index (χ0) is 11.9. The fourth-order valence-corrected chi connectivity index (χ4v) is 2.38. The van der Waals surface area contributed by atoms with E-state index in [4.69, 9.17) is 4.74 Å². The lowest BCUT2D eigenvalue weighted by Gasteiger charge is -2.27. The fourth-order valence-electron chi connectivity index (χ4n) is 2.38. The van der Waals surface area contributed by atoms with Gasteiger partial charge >= 0.3 is 0 Å². The maximum atomic E-state index is 10.7. The van der Waals surface area contributed by atoms with E-state index in [0.717, 1.165) is 16.9 Å². The zero-order valence-corrected chi connectivity index (χ0v) is 9.63. The Kier molecular flexibility index (Phi) is 2.20. The van der Waals surface area contributed by atoms with Crippen LogP contribution in [0.25, 0.3) is 0 Å². The van der Waals surface area contributed by atoms with E-state index in [2.05, 4.69) is 0 Å². The highest BCUT2D eigenvalue weighted by Crippen LogP contribution is 2.48. The van der Waals surface area contributed by atoms with Crippen molar-refractivity contribution in [3.8, 4) is 5.75 Å². The van der Waals surface area contributed by atoms with Crippen LogP contribution in [0.5, 0.6) is 5.75 Å². The molecule has 86 valence electrons. The van der Waals surface area contributed by atoms with Crippen LogP contribution in [0.15, 0.2) is 54.6 Å². The van der Waals surface area contributed by atoms with Gasteiger partial charge in [0.2, 0.25) is 5.79 Å². The van der Waals surface area contributed by atoms with E-state index >= 15 is 0 Å². The van der Waals surface area contributed by atoms with Gasteiger partial charge in [0.05, 0.1) is 5.92 Å². The van der Waals surface area contributed by atoms with Crippen molar-refractivity contribution in [2.75, 3.05) is 0 Å². The number of fused-ring (bicyclic) bond motifs is 1. The number of benzene rings is 2. The van der Waals surface area contributed by atoms with Gasteiger partial charge in [0.1, 0.15) is 5.75 Å². The first-order valence-corrected chi connectivity index (χ1v) is 5.77. The molecule has 0 bridgehead atoms. The summed E-state index contributed by atoms with van der Waals surface area (Å²) in [5, 5.41) is 10.7. The Morgan fingerprint density at radius 1 is 1.00 bits per heavy atom. The van der Waals surface area contributed by atoms with Gasteiger partial charge in [-0.25, -0.2) is 0 Å². The largest absolute Gasteiger partial charge is 0.457 e. The van der Waals surface area contributed by atoms with Crippen molar-refractivity contribution in [3.05, 3.63) is 65.7 Å². The van der Waals surface area contributed by atoms with Crippen LogP contribution in [-0.2, 0) is 5.79 Å². The highest BCUT2D eigenvalue weighted by Gasteiger charge is 2.45. The zero-order valence-electron chi connectivity index (χ0n) is 9.63. The predicted octanol–water partition coefficient (Wildman–Crippen LogP) is 3.03. The van der Waals surface area contributed by atoms with Crippen LogP contribution < -0.4 is 4.74 Å². The third-order valence-corrected chi connectivity index (χ3v) is 3.43. The van der Waals surface area contributed by atoms with Crippen LogP contribution in [0.4, 0.5) is 0 Å². The first-order valence-electron chi connectivity index (χ1n) is 5.77. The van der Waals surface area contributed by atoms with Crippen molar-refractivity contribution in [2.24, 2.45) is 0 Å². The van der Waals surface area contributed by atoms with Crippen LogP contribution in [0.3, 0.4) is 0 Å². The van der Waals surface area contributed by atoms with E-state index < -0.39 is 5.79 Å². The number of hydrogen-bond donors (Lipinski definition) is 1. The topological polar surface area (TPSA) is 29.5 Å². The molecule has 17 heavy (non-hydrogen) atoms. The fraction of sp³-hybridized carbons (Fsp3) is 0.200. The lowest BCUT2D eigenvalue weighted by atomic mass is 9.90. The first-order chi connectivity index (χ1) is 8.22. The minimum atomic E-state index is -1.25. The molecule has 2 atom stereocenters. The Hall–Kier alpha value is -1.80. The summed E-state index contributed by atoms with van der Waals surface area (Å²) in [4.78, 5) is 0. The smallest absolute Gasteiger partial charge is 0.241 e. The second-order valence-corrected chi connectivity index (χ2v) is 4.42. The molecule has 0 aromatic heterocycles. The number of hydrogen-bond acceptors (Lipinski definition) is 2. The molecule has 2 unspecified atom stereocenters. The molecule has 0 spiro atoms. The van der Waals surface area contributed by atoms with E-state index in [0.29, 0.717) is 0 Å². The Morgan fingerprint density at radius 2 is 1.65 bits per heavy atom. The quantitative estimate of drug-likeness (QED) is 0.810. The number of rotatable bonds is 1. The maximum Gasteiger partial charge on any atom is 0.241 e. The lowest BCUT2D eigenvalue weighted by Crippen LogP contribution is -2.33. The molecule has 1 aliphatic heterocycles. The van der Waals surface area contributed by atoms with Crippen LogP contribution in [0.2, 0.25) is 0 Å². The lowest BCUT2D eigenvalue weighted by molar-refractivity contribution is -0.145. The van der Waals surface area contributed by atoms with Gasteiger partial charge in [-0.2, -0.15) is 0 Å². The molecule has 2 aromatic carbocycles. The van der Waals surface area contributed by atoms with Gasteiger partial charge in [0, 0.05) is 11.1 Å². The summed E-state index contributed by atoms with van der Waals surface area (Å²) in [6.45, 7) is 1.98. The third kappa shape index (κ3) is 1.45. The molecule has 1 aliphatic rings. The monoisotopic (exact) mass is 226 g/mol. The van der Waals surface area contributed by atoms with Gasteiger partial charge in [0.15, 0.2) is 0 Å². The average Bonchev–Trinajstić information content (AvgIpc) is 2.65. The predicted molar refractivity (Wildman–Crippen MR) is 65.8 cm³/mol. The maximum absolute atomic E-state index is 10.7. The molecule has 2 aromatic rings. The Bertz CT molecular complexity index is 536. The van der Waals surface area contributed by atoms with Gasteiger partial charge in [0.25, 0.3) is 0 Å². The molecule has 0 saturated carbocycles. The molecule has 2 nitrogen and oxygen atoms in total. The van der Waals surface area contributed by atoms with E-state index in [1.807, 2.05) is 61.5 Å². The highest BCUT2D eigenvalue weighted by molar-refractivity contribution is 5.44. The summed E-state index contributed by atoms with van der Waals surface area (Å²) in [5.41, 5.74) is 1.85. The molecular formula is C15H14O2. The highest BCUT2D eigenvalue weighted by atomic mass is 16.6. The molecule has 1 heterocycles. The van der Waals surface area contributed by atoms with Crippen LogP contribution in [-0.4, -0.2) is 5.11 Å². The summed E-state index contributed by atoms with van der Waals surface area (Å²) in [7, 11) is 0. The second kappa shape index (κ2) is 3.60. The molecule has 0 aliphatic carbocycles. The van der Waals surface area contributed by atoms with Crippen molar-refractivity contribution >= 4 is 0 Å². The van der Waals surface area contributed by atoms with Crippen molar-refractivity contribution < 1.29 is 9.84 Å². The van der Waals surface area contributed by atoms with Crippen molar-refractivity contribution in [2.45, 2.75) is 18.6 Å². The van der Waals surface area contributed by atoms with Crippen molar-refractivity contribution in [1.29, 1.82) is 0 Å². The molecule has 2 heteroatoms. The third-order valence-electron chi connectivity index (χ3n) is 3.43. The summed E-state index contributed by atoms with van der Waals surface area (Å²) in [6, 6.07) is 17.3. The second-order valence-electron chi connectivity index (χ2n) is 4.42. The molecular weight excluding hydrogens is 212 g/mol. The van der Waals surface area contributed by atoms with Gasteiger partial charge in [-0.3, -0.25) is 0 Å². The van der Waals surface area contributed by atoms with Gasteiger partial charge in [-0.1, -0.05) is 55.5 Å². The SMILES string of the molecule is CC1c2ccccc2OC1(O)c1ccccc1. The summed E-state index contributed by atoms with van der Waals surface area (Å²) in [5.74, 6) is -0.544. The molecule has 0 fully saturated rings. The molecule has 0 saturated heterocycles. The van der Waals surface area contributed by atoms with E-state index in [1.54, 1.807) is 0 Å². The summed E-state index contributed by atoms with van der Waals surface area (Å²) >= 11 is 0. The van der Waals surface area contributed by atoms with E-state index in [9.17, 15) is 5.11 Å². The van der Waals surface area contributed by atoms with E-state index in [1.165, 1.54) is 0 Å². The Balaban J connectivity index is 2.09. The minimum Gasteiger partial charge on any atom is -0.457 e. The molecule has 3 rings (SSSR count). The number of ether oxygens (including phenoxy) is 1.